The maximum Gasteiger partial charge on any atom is 0.335 e. The van der Waals surface area contributed by atoms with E-state index < -0.39 is 5.97 Å². The van der Waals surface area contributed by atoms with Crippen LogP contribution in [0.4, 0.5) is 0 Å². The Morgan fingerprint density at radius 2 is 2.14 bits per heavy atom. The zero-order valence-corrected chi connectivity index (χ0v) is 11.0. The Labute approximate surface area is 120 Å². The molecular weight excluding hydrogens is 272 g/mol. The number of benzene rings is 1. The number of aromatic carboxylic acids is 1. The molecule has 0 fully saturated rings. The predicted octanol–water partition coefficient (Wildman–Crippen LogP) is 1.50. The topological polar surface area (TPSA) is 92.3 Å². The Morgan fingerprint density at radius 3 is 2.86 bits per heavy atom. The lowest BCUT2D eigenvalue weighted by atomic mass is 10.1. The summed E-state index contributed by atoms with van der Waals surface area (Å²) in [6.07, 6.45) is 1.58. The molecule has 1 aromatic heterocycles. The minimum Gasteiger partial charge on any atom is -0.478 e. The highest BCUT2D eigenvalue weighted by atomic mass is 16.5. The maximum atomic E-state index is 12.1. The van der Waals surface area contributed by atoms with Gasteiger partial charge in [-0.15, -0.1) is 0 Å². The number of carboxylic acid groups (broad SMARTS) is 1. The standard InChI is InChI=1S/C15H12N2O4/c16-6-8-21-13-5-2-7-17(14(13)18)10-11-3-1-4-12(9-11)15(19)20/h1-5,7,9H,8,10H2,(H,19,20). The van der Waals surface area contributed by atoms with E-state index in [1.54, 1.807) is 30.5 Å². The van der Waals surface area contributed by atoms with E-state index >= 15 is 0 Å². The van der Waals surface area contributed by atoms with Gasteiger partial charge in [-0.2, -0.15) is 5.26 Å². The molecule has 0 atom stereocenters. The smallest absolute Gasteiger partial charge is 0.335 e. The number of pyridine rings is 1. The van der Waals surface area contributed by atoms with Crippen LogP contribution in [0.5, 0.6) is 5.75 Å². The van der Waals surface area contributed by atoms with E-state index in [1.165, 1.54) is 22.8 Å². The minimum absolute atomic E-state index is 0.0911. The molecule has 0 radical (unpaired) electrons. The Bertz CT molecular complexity index is 759. The van der Waals surface area contributed by atoms with Gasteiger partial charge in [0.15, 0.2) is 12.4 Å². The van der Waals surface area contributed by atoms with Gasteiger partial charge in [0.1, 0.15) is 6.07 Å². The van der Waals surface area contributed by atoms with Crippen molar-refractivity contribution in [3.05, 3.63) is 64.1 Å². The molecule has 0 saturated carbocycles. The quantitative estimate of drug-likeness (QED) is 0.898. The second-order valence-electron chi connectivity index (χ2n) is 4.26. The summed E-state index contributed by atoms with van der Waals surface area (Å²) in [6, 6.07) is 11.3. The van der Waals surface area contributed by atoms with Gasteiger partial charge < -0.3 is 14.4 Å². The van der Waals surface area contributed by atoms with Crippen molar-refractivity contribution in [2.24, 2.45) is 0 Å². The molecule has 0 aliphatic carbocycles. The molecule has 0 spiro atoms. The second kappa shape index (κ2) is 6.39. The Hall–Kier alpha value is -3.07. The van der Waals surface area contributed by atoms with Gasteiger partial charge in [-0.1, -0.05) is 12.1 Å². The van der Waals surface area contributed by atoms with Crippen LogP contribution >= 0.6 is 0 Å². The van der Waals surface area contributed by atoms with Crippen LogP contribution in [0.1, 0.15) is 15.9 Å². The van der Waals surface area contributed by atoms with Gasteiger partial charge in [-0.05, 0) is 29.8 Å². The van der Waals surface area contributed by atoms with Crippen molar-refractivity contribution in [3.8, 4) is 11.8 Å². The molecule has 6 heteroatoms. The number of rotatable bonds is 5. The van der Waals surface area contributed by atoms with E-state index in [2.05, 4.69) is 0 Å². The molecule has 1 aromatic carbocycles. The van der Waals surface area contributed by atoms with Gasteiger partial charge in [0, 0.05) is 6.20 Å². The van der Waals surface area contributed by atoms with E-state index in [4.69, 9.17) is 15.1 Å². The molecule has 106 valence electrons. The van der Waals surface area contributed by atoms with Crippen molar-refractivity contribution >= 4 is 5.97 Å². The van der Waals surface area contributed by atoms with Crippen molar-refractivity contribution in [3.63, 3.8) is 0 Å². The second-order valence-corrected chi connectivity index (χ2v) is 4.26. The summed E-state index contributed by atoms with van der Waals surface area (Å²) in [5.41, 5.74) is 0.486. The third kappa shape index (κ3) is 3.48. The Morgan fingerprint density at radius 1 is 1.33 bits per heavy atom. The average molecular weight is 284 g/mol. The monoisotopic (exact) mass is 284 g/mol. The highest BCUT2D eigenvalue weighted by molar-refractivity contribution is 5.87. The summed E-state index contributed by atoms with van der Waals surface area (Å²) in [5, 5.41) is 17.4. The maximum absolute atomic E-state index is 12.1. The molecule has 2 rings (SSSR count). The number of hydrogen-bond donors (Lipinski definition) is 1. The molecule has 0 aliphatic rings. The molecule has 0 unspecified atom stereocenters. The summed E-state index contributed by atoms with van der Waals surface area (Å²) in [7, 11) is 0. The van der Waals surface area contributed by atoms with Crippen LogP contribution in [0.3, 0.4) is 0 Å². The van der Waals surface area contributed by atoms with E-state index in [-0.39, 0.29) is 30.0 Å². The zero-order valence-electron chi connectivity index (χ0n) is 11.0. The number of ether oxygens (including phenoxy) is 1. The van der Waals surface area contributed by atoms with Crippen LogP contribution in [0, 0.1) is 11.3 Å². The van der Waals surface area contributed by atoms with E-state index in [0.717, 1.165) is 0 Å². The first-order valence-electron chi connectivity index (χ1n) is 6.13. The van der Waals surface area contributed by atoms with Crippen molar-refractivity contribution < 1.29 is 14.6 Å². The highest BCUT2D eigenvalue weighted by Gasteiger charge is 2.07. The van der Waals surface area contributed by atoms with Crippen LogP contribution in [0.25, 0.3) is 0 Å². The first-order chi connectivity index (χ1) is 10.1. The molecule has 0 saturated heterocycles. The van der Waals surface area contributed by atoms with Gasteiger partial charge in [0.25, 0.3) is 5.56 Å². The van der Waals surface area contributed by atoms with Crippen molar-refractivity contribution in [2.75, 3.05) is 6.61 Å². The largest absolute Gasteiger partial charge is 0.478 e. The fraction of sp³-hybridized carbons (Fsp3) is 0.133. The molecule has 21 heavy (non-hydrogen) atoms. The Balaban J connectivity index is 2.28. The third-order valence-electron chi connectivity index (χ3n) is 2.80. The molecule has 6 nitrogen and oxygen atoms in total. The van der Waals surface area contributed by atoms with Crippen LogP contribution in [0.15, 0.2) is 47.4 Å². The number of carbonyl (C=O) groups is 1. The number of nitrogens with zero attached hydrogens (tertiary/aromatic N) is 2. The first-order valence-corrected chi connectivity index (χ1v) is 6.13. The summed E-state index contributed by atoms with van der Waals surface area (Å²) in [5.74, 6) is -0.927. The normalized spacial score (nSPS) is 9.86. The number of carboxylic acids is 1. The zero-order chi connectivity index (χ0) is 15.2. The van der Waals surface area contributed by atoms with Crippen molar-refractivity contribution in [1.82, 2.24) is 4.57 Å². The lowest BCUT2D eigenvalue weighted by molar-refractivity contribution is 0.0696. The lowest BCUT2D eigenvalue weighted by Crippen LogP contribution is -2.22. The number of aromatic nitrogens is 1. The highest BCUT2D eigenvalue weighted by Crippen LogP contribution is 2.08. The molecule has 0 amide bonds. The van der Waals surface area contributed by atoms with Gasteiger partial charge in [-0.25, -0.2) is 4.79 Å². The third-order valence-corrected chi connectivity index (χ3v) is 2.80. The summed E-state index contributed by atoms with van der Waals surface area (Å²) in [4.78, 5) is 23.0. The molecule has 1 N–H and O–H groups in total. The molecular formula is C15H12N2O4. The van der Waals surface area contributed by atoms with Crippen LogP contribution in [0.2, 0.25) is 0 Å². The SMILES string of the molecule is N#CCOc1cccn(Cc2cccc(C(=O)O)c2)c1=O. The molecule has 0 bridgehead atoms. The van der Waals surface area contributed by atoms with Gasteiger partial charge in [0.05, 0.1) is 12.1 Å². The van der Waals surface area contributed by atoms with Crippen LogP contribution in [-0.2, 0) is 6.54 Å². The predicted molar refractivity (Wildman–Crippen MR) is 74.3 cm³/mol. The lowest BCUT2D eigenvalue weighted by Gasteiger charge is -2.08. The summed E-state index contributed by atoms with van der Waals surface area (Å²) >= 11 is 0. The molecule has 0 aliphatic heterocycles. The molecule has 1 heterocycles. The molecule has 2 aromatic rings. The fourth-order valence-corrected chi connectivity index (χ4v) is 1.86. The summed E-state index contributed by atoms with van der Waals surface area (Å²) in [6.45, 7) is 0.0253. The minimum atomic E-state index is -1.02. The summed E-state index contributed by atoms with van der Waals surface area (Å²) < 4.78 is 6.43. The fourth-order valence-electron chi connectivity index (χ4n) is 1.86. The van der Waals surface area contributed by atoms with Crippen molar-refractivity contribution in [2.45, 2.75) is 6.54 Å². The van der Waals surface area contributed by atoms with E-state index in [1.807, 2.05) is 0 Å². The van der Waals surface area contributed by atoms with E-state index in [0.29, 0.717) is 5.56 Å². The van der Waals surface area contributed by atoms with Crippen LogP contribution in [-0.4, -0.2) is 22.2 Å². The van der Waals surface area contributed by atoms with Gasteiger partial charge in [0.2, 0.25) is 0 Å². The van der Waals surface area contributed by atoms with Gasteiger partial charge in [-0.3, -0.25) is 4.79 Å². The van der Waals surface area contributed by atoms with Crippen molar-refractivity contribution in [1.29, 1.82) is 5.26 Å². The number of hydrogen-bond acceptors (Lipinski definition) is 4. The number of nitriles is 1. The Kier molecular flexibility index (Phi) is 4.36. The first kappa shape index (κ1) is 14.3. The van der Waals surface area contributed by atoms with Crippen LogP contribution < -0.4 is 10.3 Å². The average Bonchev–Trinajstić information content (AvgIpc) is 2.48. The van der Waals surface area contributed by atoms with E-state index in [9.17, 15) is 9.59 Å². The van der Waals surface area contributed by atoms with Gasteiger partial charge >= 0.3 is 5.97 Å².